The van der Waals surface area contributed by atoms with E-state index in [-0.39, 0.29) is 23.7 Å². The van der Waals surface area contributed by atoms with E-state index in [1.165, 1.54) is 5.56 Å². The van der Waals surface area contributed by atoms with Crippen LogP contribution in [0.4, 0.5) is 17.5 Å². The normalized spacial score (nSPS) is 18.5. The van der Waals surface area contributed by atoms with E-state index in [1.807, 2.05) is 44.4 Å². The van der Waals surface area contributed by atoms with E-state index in [4.69, 9.17) is 24.0 Å². The van der Waals surface area contributed by atoms with Crippen LogP contribution in [-0.4, -0.2) is 106 Å². The summed E-state index contributed by atoms with van der Waals surface area (Å²) >= 11 is 0. The number of carbonyl (C=O) groups excluding carboxylic acids is 1. The smallest absolute Gasteiger partial charge is 0.317 e. The Bertz CT molecular complexity index is 1780. The fourth-order valence-corrected chi connectivity index (χ4v) is 7.39. The molecule has 270 valence electrons. The van der Waals surface area contributed by atoms with Crippen molar-refractivity contribution in [2.45, 2.75) is 57.9 Å². The Morgan fingerprint density at radius 2 is 1.88 bits per heavy atom. The minimum atomic E-state index is -0.495. The topological polar surface area (TPSA) is 155 Å². The number of likely N-dealkylation sites (tertiary alicyclic amines) is 1. The van der Waals surface area contributed by atoms with Crippen LogP contribution >= 0.6 is 0 Å². The number of anilines is 3. The molecule has 14 nitrogen and oxygen atoms in total. The lowest BCUT2D eigenvalue weighted by Crippen LogP contribution is -2.58. The number of carbonyl (C=O) groups is 1. The average Bonchev–Trinajstić information content (AvgIpc) is 3.61. The SMILES string of the molecule is CCOC(=O)C(c1cc(OCCCN2CCC(c3cnc(N4CCN5c6cc(-c7ccccc7O)nnc6NC[C@@H]5C4)nc3)CC2)no1)C(C)C. The minimum Gasteiger partial charge on any atom is -0.507 e. The Hall–Kier alpha value is -4.98. The largest absolute Gasteiger partial charge is 0.507 e. The van der Waals surface area contributed by atoms with Gasteiger partial charge in [0.25, 0.3) is 5.88 Å². The second-order valence-electron chi connectivity index (χ2n) is 13.8. The molecule has 4 aromatic rings. The van der Waals surface area contributed by atoms with Crippen molar-refractivity contribution in [3.8, 4) is 22.9 Å². The predicted octanol–water partition coefficient (Wildman–Crippen LogP) is 4.70. The second-order valence-corrected chi connectivity index (χ2v) is 13.8. The zero-order chi connectivity index (χ0) is 35.3. The standard InChI is InChI=1S/C37H47N9O5/c1-4-49-36(48)34(24(2)3)32-19-33(43-51-32)50-17-7-12-44-13-10-25(11-14-44)26-20-39-37(40-21-26)45-15-16-46-27(23-45)22-38-35-30(46)18-29(41-42-35)28-8-5-6-9-31(28)47/h5-6,8-9,18-21,24-25,27,34,47H,4,7,10-17,22-23H2,1-3H3,(H,38,42)/t27-,34?/m1/s1. The number of nitrogens with one attached hydrogen (secondary N) is 1. The summed E-state index contributed by atoms with van der Waals surface area (Å²) in [6, 6.07) is 11.2. The maximum atomic E-state index is 12.4. The van der Waals surface area contributed by atoms with Gasteiger partial charge in [0.15, 0.2) is 11.6 Å². The number of rotatable bonds is 12. The van der Waals surface area contributed by atoms with Gasteiger partial charge in [-0.05, 0) is 80.0 Å². The number of ether oxygens (including phenoxy) is 2. The Balaban J connectivity index is 0.859. The molecule has 0 bridgehead atoms. The lowest BCUT2D eigenvalue weighted by Gasteiger charge is -2.45. The molecule has 2 N–H and O–H groups in total. The van der Waals surface area contributed by atoms with E-state index in [9.17, 15) is 9.90 Å². The van der Waals surface area contributed by atoms with Crippen LogP contribution in [0.2, 0.25) is 0 Å². The summed E-state index contributed by atoms with van der Waals surface area (Å²) in [7, 11) is 0. The number of piperidine rings is 1. The number of nitrogens with zero attached hydrogens (tertiary/aromatic N) is 8. The number of aromatic nitrogens is 5. The molecule has 0 radical (unpaired) electrons. The summed E-state index contributed by atoms with van der Waals surface area (Å²) in [5.41, 5.74) is 3.53. The number of hydrogen-bond acceptors (Lipinski definition) is 14. The van der Waals surface area contributed by atoms with E-state index in [0.717, 1.165) is 82.5 Å². The van der Waals surface area contributed by atoms with Gasteiger partial charge in [-0.2, -0.15) is 0 Å². The molecule has 6 heterocycles. The molecular weight excluding hydrogens is 650 g/mol. The molecule has 0 spiro atoms. The van der Waals surface area contributed by atoms with E-state index in [0.29, 0.717) is 42.0 Å². The van der Waals surface area contributed by atoms with Crippen molar-refractivity contribution < 1.29 is 23.9 Å². The second kappa shape index (κ2) is 15.5. The van der Waals surface area contributed by atoms with Crippen molar-refractivity contribution in [2.75, 3.05) is 74.1 Å². The van der Waals surface area contributed by atoms with Gasteiger partial charge in [0.05, 0.1) is 30.6 Å². The van der Waals surface area contributed by atoms with Crippen LogP contribution in [0.15, 0.2) is 53.3 Å². The molecule has 3 aromatic heterocycles. The molecule has 3 aliphatic rings. The number of aromatic hydroxyl groups is 1. The summed E-state index contributed by atoms with van der Waals surface area (Å²) in [4.78, 5) is 29.2. The van der Waals surface area contributed by atoms with Gasteiger partial charge >= 0.3 is 5.97 Å². The number of benzene rings is 1. The van der Waals surface area contributed by atoms with Crippen molar-refractivity contribution in [3.63, 3.8) is 0 Å². The number of esters is 1. The molecule has 2 fully saturated rings. The van der Waals surface area contributed by atoms with Crippen molar-refractivity contribution in [1.82, 2.24) is 30.2 Å². The summed E-state index contributed by atoms with van der Waals surface area (Å²) < 4.78 is 16.5. The van der Waals surface area contributed by atoms with E-state index >= 15 is 0 Å². The number of phenolic OH excluding ortho intramolecular Hbond substituents is 1. The van der Waals surface area contributed by atoms with E-state index in [1.54, 1.807) is 25.1 Å². The maximum absolute atomic E-state index is 12.4. The van der Waals surface area contributed by atoms with Gasteiger partial charge in [-0.25, -0.2) is 9.97 Å². The molecular formula is C37H47N9O5. The molecule has 0 aliphatic carbocycles. The first-order valence-electron chi connectivity index (χ1n) is 18.1. The highest BCUT2D eigenvalue weighted by molar-refractivity contribution is 5.78. The number of hydrogen-bond donors (Lipinski definition) is 2. The highest BCUT2D eigenvalue weighted by atomic mass is 16.5. The fraction of sp³-hybridized carbons (Fsp3) is 0.514. The number of para-hydroxylation sites is 1. The number of piperazine rings is 1. The molecule has 3 aliphatic heterocycles. The molecule has 0 saturated carbocycles. The van der Waals surface area contributed by atoms with Gasteiger partial charge in [-0.15, -0.1) is 10.2 Å². The lowest BCUT2D eigenvalue weighted by molar-refractivity contribution is -0.146. The summed E-state index contributed by atoms with van der Waals surface area (Å²) in [5.74, 6) is 2.28. The Labute approximate surface area is 298 Å². The molecule has 51 heavy (non-hydrogen) atoms. The molecule has 0 amide bonds. The van der Waals surface area contributed by atoms with Crippen LogP contribution < -0.4 is 19.9 Å². The third kappa shape index (κ3) is 7.70. The molecule has 2 saturated heterocycles. The van der Waals surface area contributed by atoms with Gasteiger partial charge in [-0.1, -0.05) is 26.0 Å². The van der Waals surface area contributed by atoms with Crippen LogP contribution in [0.5, 0.6) is 11.6 Å². The van der Waals surface area contributed by atoms with Crippen LogP contribution in [0.3, 0.4) is 0 Å². The molecule has 14 heteroatoms. The quantitative estimate of drug-likeness (QED) is 0.155. The predicted molar refractivity (Wildman–Crippen MR) is 192 cm³/mol. The molecule has 2 atom stereocenters. The third-order valence-corrected chi connectivity index (χ3v) is 10.1. The first-order valence-corrected chi connectivity index (χ1v) is 18.1. The van der Waals surface area contributed by atoms with Gasteiger partial charge in [0.1, 0.15) is 11.7 Å². The summed E-state index contributed by atoms with van der Waals surface area (Å²) in [6.45, 7) is 12.7. The monoisotopic (exact) mass is 697 g/mol. The maximum Gasteiger partial charge on any atom is 0.317 e. The molecule has 7 rings (SSSR count). The van der Waals surface area contributed by atoms with Crippen molar-refractivity contribution in [3.05, 3.63) is 60.1 Å². The fourth-order valence-electron chi connectivity index (χ4n) is 7.39. The first-order chi connectivity index (χ1) is 24.9. The Kier molecular flexibility index (Phi) is 10.5. The zero-order valence-electron chi connectivity index (χ0n) is 29.6. The van der Waals surface area contributed by atoms with Crippen LogP contribution in [0, 0.1) is 5.92 Å². The summed E-state index contributed by atoms with van der Waals surface area (Å²) in [6.07, 6.45) is 7.04. The average molecular weight is 698 g/mol. The van der Waals surface area contributed by atoms with Crippen LogP contribution in [-0.2, 0) is 9.53 Å². The highest BCUT2D eigenvalue weighted by Gasteiger charge is 2.34. The van der Waals surface area contributed by atoms with Crippen LogP contribution in [0.1, 0.15) is 63.2 Å². The molecule has 1 unspecified atom stereocenters. The van der Waals surface area contributed by atoms with Crippen LogP contribution in [0.25, 0.3) is 11.3 Å². The number of fused-ring (bicyclic) bond motifs is 3. The lowest BCUT2D eigenvalue weighted by atomic mass is 9.91. The van der Waals surface area contributed by atoms with Gasteiger partial charge in [0.2, 0.25) is 5.95 Å². The molecule has 1 aromatic carbocycles. The van der Waals surface area contributed by atoms with Crippen molar-refractivity contribution in [1.29, 1.82) is 0 Å². The minimum absolute atomic E-state index is 0.0248. The Morgan fingerprint density at radius 3 is 2.65 bits per heavy atom. The van der Waals surface area contributed by atoms with Gasteiger partial charge in [-0.3, -0.25) is 4.79 Å². The van der Waals surface area contributed by atoms with E-state index < -0.39 is 5.92 Å². The van der Waals surface area contributed by atoms with Gasteiger partial charge < -0.3 is 39.1 Å². The Morgan fingerprint density at radius 1 is 1.08 bits per heavy atom. The highest BCUT2D eigenvalue weighted by Crippen LogP contribution is 2.37. The third-order valence-electron chi connectivity index (χ3n) is 10.1. The van der Waals surface area contributed by atoms with Crippen molar-refractivity contribution in [2.24, 2.45) is 5.92 Å². The first kappa shape index (κ1) is 34.5. The zero-order valence-corrected chi connectivity index (χ0v) is 29.6. The van der Waals surface area contributed by atoms with Crippen molar-refractivity contribution >= 4 is 23.4 Å². The summed E-state index contributed by atoms with van der Waals surface area (Å²) in [5, 5.41) is 26.6. The van der Waals surface area contributed by atoms with E-state index in [2.05, 4.69) is 35.4 Å². The number of phenols is 1. The van der Waals surface area contributed by atoms with Gasteiger partial charge in [0, 0.05) is 56.7 Å².